The van der Waals surface area contributed by atoms with Crippen molar-refractivity contribution in [3.8, 4) is 0 Å². The summed E-state index contributed by atoms with van der Waals surface area (Å²) in [6.45, 7) is 5.01. The Bertz CT molecular complexity index is 299. The maximum atomic E-state index is 9.81. The van der Waals surface area contributed by atoms with Crippen molar-refractivity contribution in [2.75, 3.05) is 6.54 Å². The highest BCUT2D eigenvalue weighted by atomic mass is 16.3. The third-order valence-electron chi connectivity index (χ3n) is 3.27. The first-order valence-electron chi connectivity index (χ1n) is 7.24. The summed E-state index contributed by atoms with van der Waals surface area (Å²) in [6.07, 6.45) is 5.26. The number of rotatable bonds is 9. The molecule has 0 aromatic heterocycles. The lowest BCUT2D eigenvalue weighted by molar-refractivity contribution is 0.155. The summed E-state index contributed by atoms with van der Waals surface area (Å²) >= 11 is 0. The van der Waals surface area contributed by atoms with Gasteiger partial charge in [-0.05, 0) is 18.4 Å². The van der Waals surface area contributed by atoms with Crippen LogP contribution in [0.1, 0.15) is 57.6 Å². The quantitative estimate of drug-likeness (QED) is 0.700. The van der Waals surface area contributed by atoms with Crippen LogP contribution in [0.5, 0.6) is 0 Å². The van der Waals surface area contributed by atoms with Gasteiger partial charge in [0.2, 0.25) is 0 Å². The summed E-state index contributed by atoms with van der Waals surface area (Å²) in [5, 5.41) is 13.3. The predicted octanol–water partition coefficient (Wildman–Crippen LogP) is 3.67. The predicted molar refractivity (Wildman–Crippen MR) is 77.6 cm³/mol. The lowest BCUT2D eigenvalue weighted by atomic mass is 10.0. The van der Waals surface area contributed by atoms with Gasteiger partial charge in [-0.3, -0.25) is 0 Å². The van der Waals surface area contributed by atoms with E-state index in [4.69, 9.17) is 0 Å². The molecule has 0 aliphatic carbocycles. The number of unbranched alkanes of at least 4 members (excludes halogenated alkanes) is 1. The molecule has 0 saturated carbocycles. The van der Waals surface area contributed by atoms with Crippen molar-refractivity contribution < 1.29 is 5.11 Å². The number of aliphatic hydroxyl groups excluding tert-OH is 1. The fraction of sp³-hybridized carbons (Fsp3) is 0.625. The van der Waals surface area contributed by atoms with Gasteiger partial charge in [0.15, 0.2) is 0 Å². The molecule has 0 aliphatic heterocycles. The summed E-state index contributed by atoms with van der Waals surface area (Å²) in [5.41, 5.74) is 1.33. The van der Waals surface area contributed by atoms with Gasteiger partial charge in [0, 0.05) is 12.6 Å². The molecule has 0 fully saturated rings. The van der Waals surface area contributed by atoms with Crippen LogP contribution in [0.4, 0.5) is 0 Å². The SMILES string of the molecule is CCCCC(NCC(O)CCC)c1ccccc1. The van der Waals surface area contributed by atoms with Crippen molar-refractivity contribution in [2.45, 2.75) is 58.1 Å². The van der Waals surface area contributed by atoms with Gasteiger partial charge >= 0.3 is 0 Å². The zero-order chi connectivity index (χ0) is 13.2. The lowest BCUT2D eigenvalue weighted by Gasteiger charge is -2.21. The zero-order valence-corrected chi connectivity index (χ0v) is 11.7. The third kappa shape index (κ3) is 5.65. The van der Waals surface area contributed by atoms with Gasteiger partial charge in [-0.15, -0.1) is 0 Å². The first-order valence-corrected chi connectivity index (χ1v) is 7.24. The molecule has 1 aromatic carbocycles. The Kier molecular flexibility index (Phi) is 7.70. The molecule has 0 amide bonds. The van der Waals surface area contributed by atoms with Gasteiger partial charge in [-0.25, -0.2) is 0 Å². The summed E-state index contributed by atoms with van der Waals surface area (Å²) < 4.78 is 0. The van der Waals surface area contributed by atoms with Crippen molar-refractivity contribution in [3.05, 3.63) is 35.9 Å². The minimum atomic E-state index is -0.220. The molecule has 0 saturated heterocycles. The summed E-state index contributed by atoms with van der Waals surface area (Å²) in [4.78, 5) is 0. The van der Waals surface area contributed by atoms with E-state index < -0.39 is 0 Å². The lowest BCUT2D eigenvalue weighted by Crippen LogP contribution is -2.30. The highest BCUT2D eigenvalue weighted by Gasteiger charge is 2.12. The van der Waals surface area contributed by atoms with E-state index in [1.54, 1.807) is 0 Å². The van der Waals surface area contributed by atoms with Crippen molar-refractivity contribution >= 4 is 0 Å². The van der Waals surface area contributed by atoms with Crippen molar-refractivity contribution in [2.24, 2.45) is 0 Å². The van der Waals surface area contributed by atoms with E-state index in [-0.39, 0.29) is 6.10 Å². The van der Waals surface area contributed by atoms with E-state index in [1.165, 1.54) is 18.4 Å². The summed E-state index contributed by atoms with van der Waals surface area (Å²) in [7, 11) is 0. The second-order valence-corrected chi connectivity index (χ2v) is 4.96. The maximum Gasteiger partial charge on any atom is 0.0664 e. The van der Waals surface area contributed by atoms with Crippen LogP contribution >= 0.6 is 0 Å². The molecular weight excluding hydrogens is 222 g/mol. The normalized spacial score (nSPS) is 14.4. The van der Waals surface area contributed by atoms with Crippen LogP contribution in [0.2, 0.25) is 0 Å². The molecule has 0 bridgehead atoms. The molecule has 1 aromatic rings. The molecule has 0 spiro atoms. The topological polar surface area (TPSA) is 32.3 Å². The van der Waals surface area contributed by atoms with Crippen molar-refractivity contribution in [1.82, 2.24) is 5.32 Å². The minimum absolute atomic E-state index is 0.220. The molecule has 2 nitrogen and oxygen atoms in total. The number of nitrogens with one attached hydrogen (secondary N) is 1. The molecule has 0 heterocycles. The Labute approximate surface area is 111 Å². The van der Waals surface area contributed by atoms with Gasteiger partial charge in [0.25, 0.3) is 0 Å². The summed E-state index contributed by atoms with van der Waals surface area (Å²) in [6, 6.07) is 10.9. The van der Waals surface area contributed by atoms with Crippen LogP contribution in [-0.2, 0) is 0 Å². The van der Waals surface area contributed by atoms with Crippen LogP contribution in [0.25, 0.3) is 0 Å². The fourth-order valence-electron chi connectivity index (χ4n) is 2.19. The van der Waals surface area contributed by atoms with Crippen LogP contribution in [0.15, 0.2) is 30.3 Å². The first-order chi connectivity index (χ1) is 8.77. The smallest absolute Gasteiger partial charge is 0.0664 e. The standard InChI is InChI=1S/C16H27NO/c1-3-5-12-16(14-10-7-6-8-11-14)17-13-15(18)9-4-2/h6-8,10-11,15-18H,3-5,9,12-13H2,1-2H3. The van der Waals surface area contributed by atoms with E-state index in [2.05, 4.69) is 43.4 Å². The van der Waals surface area contributed by atoms with E-state index >= 15 is 0 Å². The van der Waals surface area contributed by atoms with E-state index in [0.29, 0.717) is 12.6 Å². The Morgan fingerprint density at radius 1 is 1.06 bits per heavy atom. The number of hydrogen-bond acceptors (Lipinski definition) is 2. The van der Waals surface area contributed by atoms with E-state index in [1.807, 2.05) is 6.07 Å². The largest absolute Gasteiger partial charge is 0.392 e. The average Bonchev–Trinajstić information content (AvgIpc) is 2.40. The number of hydrogen-bond donors (Lipinski definition) is 2. The molecule has 2 unspecified atom stereocenters. The third-order valence-corrected chi connectivity index (χ3v) is 3.27. The average molecular weight is 249 g/mol. The number of benzene rings is 1. The molecule has 2 atom stereocenters. The van der Waals surface area contributed by atoms with Crippen LogP contribution in [0.3, 0.4) is 0 Å². The van der Waals surface area contributed by atoms with Gasteiger partial charge in [-0.1, -0.05) is 63.4 Å². The maximum absolute atomic E-state index is 9.81. The number of aliphatic hydroxyl groups is 1. The van der Waals surface area contributed by atoms with Crippen molar-refractivity contribution in [1.29, 1.82) is 0 Å². The molecule has 2 heteroatoms. The van der Waals surface area contributed by atoms with Gasteiger partial charge in [-0.2, -0.15) is 0 Å². The zero-order valence-electron chi connectivity index (χ0n) is 11.7. The Balaban J connectivity index is 2.51. The summed E-state index contributed by atoms with van der Waals surface area (Å²) in [5.74, 6) is 0. The molecule has 0 aliphatic rings. The Morgan fingerprint density at radius 2 is 1.78 bits per heavy atom. The fourth-order valence-corrected chi connectivity index (χ4v) is 2.19. The van der Waals surface area contributed by atoms with Crippen molar-refractivity contribution in [3.63, 3.8) is 0 Å². The highest BCUT2D eigenvalue weighted by Crippen LogP contribution is 2.19. The molecule has 0 radical (unpaired) electrons. The van der Waals surface area contributed by atoms with Crippen LogP contribution < -0.4 is 5.32 Å². The van der Waals surface area contributed by atoms with E-state index in [9.17, 15) is 5.11 Å². The molecular formula is C16H27NO. The molecule has 2 N–H and O–H groups in total. The molecule has 18 heavy (non-hydrogen) atoms. The van der Waals surface area contributed by atoms with Gasteiger partial charge in [0.05, 0.1) is 6.10 Å². The second kappa shape index (κ2) is 9.12. The molecule has 102 valence electrons. The Morgan fingerprint density at radius 3 is 2.39 bits per heavy atom. The second-order valence-electron chi connectivity index (χ2n) is 4.96. The van der Waals surface area contributed by atoms with Crippen LogP contribution in [0, 0.1) is 0 Å². The highest BCUT2D eigenvalue weighted by molar-refractivity contribution is 5.18. The molecule has 1 rings (SSSR count). The van der Waals surface area contributed by atoms with Gasteiger partial charge in [0.1, 0.15) is 0 Å². The first kappa shape index (κ1) is 15.2. The van der Waals surface area contributed by atoms with Gasteiger partial charge < -0.3 is 10.4 Å². The minimum Gasteiger partial charge on any atom is -0.392 e. The van der Waals surface area contributed by atoms with E-state index in [0.717, 1.165) is 19.3 Å². The van der Waals surface area contributed by atoms with Crippen LogP contribution in [-0.4, -0.2) is 17.8 Å². The Hall–Kier alpha value is -0.860. The monoisotopic (exact) mass is 249 g/mol.